The number of likely N-dealkylation sites (tertiary alicyclic amines) is 1. The molecule has 0 bridgehead atoms. The standard InChI is InChI=1S/C19H29N3O/c1-16-5-3-4-6-18(16)15-21-9-7-17(8-10-21)19(23)22-13-11-20(2)12-14-22/h3-6,17H,7-15H2,1-2H3. The van der Waals surface area contributed by atoms with Crippen molar-refractivity contribution in [2.24, 2.45) is 5.92 Å². The summed E-state index contributed by atoms with van der Waals surface area (Å²) in [6.45, 7) is 9.10. The number of carbonyl (C=O) groups is 1. The average Bonchev–Trinajstić information content (AvgIpc) is 2.58. The van der Waals surface area contributed by atoms with Gasteiger partial charge in [-0.1, -0.05) is 24.3 Å². The van der Waals surface area contributed by atoms with Crippen molar-refractivity contribution in [1.82, 2.24) is 14.7 Å². The van der Waals surface area contributed by atoms with Crippen LogP contribution in [0.2, 0.25) is 0 Å². The van der Waals surface area contributed by atoms with Crippen molar-refractivity contribution in [2.45, 2.75) is 26.3 Å². The zero-order valence-electron chi connectivity index (χ0n) is 14.5. The molecule has 0 atom stereocenters. The van der Waals surface area contributed by atoms with Gasteiger partial charge >= 0.3 is 0 Å². The SMILES string of the molecule is Cc1ccccc1CN1CCC(C(=O)N2CCN(C)CC2)CC1. The van der Waals surface area contributed by atoms with E-state index in [9.17, 15) is 4.79 Å². The lowest BCUT2D eigenvalue weighted by atomic mass is 9.94. The van der Waals surface area contributed by atoms with Gasteiger partial charge in [0.25, 0.3) is 0 Å². The van der Waals surface area contributed by atoms with Crippen molar-refractivity contribution >= 4 is 5.91 Å². The Morgan fingerprint density at radius 3 is 2.35 bits per heavy atom. The third kappa shape index (κ3) is 4.12. The molecule has 2 saturated heterocycles. The van der Waals surface area contributed by atoms with Gasteiger partial charge in [-0.25, -0.2) is 0 Å². The van der Waals surface area contributed by atoms with Gasteiger partial charge in [0.2, 0.25) is 5.91 Å². The van der Waals surface area contributed by atoms with Gasteiger partial charge in [-0.3, -0.25) is 9.69 Å². The second kappa shape index (κ2) is 7.45. The third-order valence-corrected chi connectivity index (χ3v) is 5.41. The molecule has 23 heavy (non-hydrogen) atoms. The van der Waals surface area contributed by atoms with Crippen LogP contribution in [0.4, 0.5) is 0 Å². The van der Waals surface area contributed by atoms with Gasteiger partial charge in [0.05, 0.1) is 0 Å². The summed E-state index contributed by atoms with van der Waals surface area (Å²) < 4.78 is 0. The highest BCUT2D eigenvalue weighted by Crippen LogP contribution is 2.22. The van der Waals surface area contributed by atoms with E-state index in [0.29, 0.717) is 5.91 Å². The molecule has 126 valence electrons. The van der Waals surface area contributed by atoms with Crippen LogP contribution in [-0.4, -0.2) is 66.9 Å². The van der Waals surface area contributed by atoms with Gasteiger partial charge in [0.15, 0.2) is 0 Å². The van der Waals surface area contributed by atoms with Gasteiger partial charge in [0.1, 0.15) is 0 Å². The van der Waals surface area contributed by atoms with Gasteiger partial charge in [-0.2, -0.15) is 0 Å². The largest absolute Gasteiger partial charge is 0.340 e. The van der Waals surface area contributed by atoms with Crippen LogP contribution in [0.1, 0.15) is 24.0 Å². The van der Waals surface area contributed by atoms with Crippen LogP contribution < -0.4 is 0 Å². The zero-order chi connectivity index (χ0) is 16.2. The van der Waals surface area contributed by atoms with Crippen LogP contribution in [-0.2, 0) is 11.3 Å². The van der Waals surface area contributed by atoms with E-state index in [0.717, 1.165) is 58.7 Å². The Morgan fingerprint density at radius 1 is 1.04 bits per heavy atom. The summed E-state index contributed by atoms with van der Waals surface area (Å²) in [7, 11) is 2.13. The summed E-state index contributed by atoms with van der Waals surface area (Å²) >= 11 is 0. The molecule has 1 amide bonds. The third-order valence-electron chi connectivity index (χ3n) is 5.41. The minimum Gasteiger partial charge on any atom is -0.340 e. The molecular formula is C19H29N3O. The van der Waals surface area contributed by atoms with E-state index < -0.39 is 0 Å². The first-order valence-corrected chi connectivity index (χ1v) is 8.87. The fourth-order valence-corrected chi connectivity index (χ4v) is 3.65. The van der Waals surface area contributed by atoms with E-state index in [-0.39, 0.29) is 5.92 Å². The van der Waals surface area contributed by atoms with Crippen molar-refractivity contribution in [1.29, 1.82) is 0 Å². The number of piperazine rings is 1. The maximum absolute atomic E-state index is 12.7. The molecular weight excluding hydrogens is 286 g/mol. The Kier molecular flexibility index (Phi) is 5.34. The maximum atomic E-state index is 12.7. The van der Waals surface area contributed by atoms with Crippen LogP contribution in [0.3, 0.4) is 0 Å². The first-order chi connectivity index (χ1) is 11.1. The highest BCUT2D eigenvalue weighted by atomic mass is 16.2. The monoisotopic (exact) mass is 315 g/mol. The van der Waals surface area contributed by atoms with Crippen LogP contribution in [0, 0.1) is 12.8 Å². The zero-order valence-corrected chi connectivity index (χ0v) is 14.5. The van der Waals surface area contributed by atoms with E-state index in [2.05, 4.69) is 52.9 Å². The molecule has 2 fully saturated rings. The summed E-state index contributed by atoms with van der Waals surface area (Å²) in [5.41, 5.74) is 2.78. The fourth-order valence-electron chi connectivity index (χ4n) is 3.65. The van der Waals surface area contributed by atoms with Gasteiger partial charge < -0.3 is 9.80 Å². The Labute approximate surface area is 140 Å². The summed E-state index contributed by atoms with van der Waals surface area (Å²) in [5.74, 6) is 0.639. The van der Waals surface area contributed by atoms with Crippen LogP contribution in [0.25, 0.3) is 0 Å². The number of amides is 1. The quantitative estimate of drug-likeness (QED) is 0.853. The molecule has 0 radical (unpaired) electrons. The normalized spacial score (nSPS) is 21.6. The van der Waals surface area contributed by atoms with Gasteiger partial charge in [-0.05, 0) is 51.0 Å². The Hall–Kier alpha value is -1.39. The lowest BCUT2D eigenvalue weighted by molar-refractivity contribution is -0.138. The predicted octanol–water partition coefficient (Wildman–Crippen LogP) is 1.98. The Morgan fingerprint density at radius 2 is 1.70 bits per heavy atom. The molecule has 4 heteroatoms. The molecule has 2 aliphatic rings. The Bertz CT molecular complexity index is 529. The smallest absolute Gasteiger partial charge is 0.225 e. The summed E-state index contributed by atoms with van der Waals surface area (Å²) in [6.07, 6.45) is 2.02. The molecule has 0 N–H and O–H groups in total. The van der Waals surface area contributed by atoms with Gasteiger partial charge in [-0.15, -0.1) is 0 Å². The van der Waals surface area contributed by atoms with E-state index in [4.69, 9.17) is 0 Å². The molecule has 0 aromatic heterocycles. The van der Waals surface area contributed by atoms with Crippen molar-refractivity contribution in [3.8, 4) is 0 Å². The minimum absolute atomic E-state index is 0.242. The maximum Gasteiger partial charge on any atom is 0.225 e. The molecule has 2 heterocycles. The van der Waals surface area contributed by atoms with Crippen LogP contribution in [0.15, 0.2) is 24.3 Å². The van der Waals surface area contributed by atoms with Crippen molar-refractivity contribution < 1.29 is 4.79 Å². The van der Waals surface area contributed by atoms with Crippen molar-refractivity contribution in [3.05, 3.63) is 35.4 Å². The lowest BCUT2D eigenvalue weighted by Gasteiger charge is -2.37. The average molecular weight is 315 g/mol. The first kappa shape index (κ1) is 16.5. The molecule has 2 aliphatic heterocycles. The number of hydrogen-bond donors (Lipinski definition) is 0. The first-order valence-electron chi connectivity index (χ1n) is 8.87. The number of hydrogen-bond acceptors (Lipinski definition) is 3. The molecule has 0 unspecified atom stereocenters. The summed E-state index contributed by atoms with van der Waals surface area (Å²) in [5, 5.41) is 0. The van der Waals surface area contributed by atoms with Crippen molar-refractivity contribution in [2.75, 3.05) is 46.3 Å². The topological polar surface area (TPSA) is 26.8 Å². The molecule has 0 saturated carbocycles. The van der Waals surface area contributed by atoms with Crippen molar-refractivity contribution in [3.63, 3.8) is 0 Å². The highest BCUT2D eigenvalue weighted by molar-refractivity contribution is 5.79. The number of piperidine rings is 1. The van der Waals surface area contributed by atoms with Gasteiger partial charge in [0, 0.05) is 38.6 Å². The Balaban J connectivity index is 1.48. The number of aryl methyl sites for hydroxylation is 1. The van der Waals surface area contributed by atoms with E-state index >= 15 is 0 Å². The molecule has 0 spiro atoms. The number of nitrogens with zero attached hydrogens (tertiary/aromatic N) is 3. The summed E-state index contributed by atoms with van der Waals surface area (Å²) in [4.78, 5) is 19.5. The summed E-state index contributed by atoms with van der Waals surface area (Å²) in [6, 6.07) is 8.61. The van der Waals surface area contributed by atoms with E-state index in [1.54, 1.807) is 0 Å². The molecule has 1 aromatic rings. The highest BCUT2D eigenvalue weighted by Gasteiger charge is 2.29. The van der Waals surface area contributed by atoms with Crippen LogP contribution >= 0.6 is 0 Å². The van der Waals surface area contributed by atoms with E-state index in [1.807, 2.05) is 0 Å². The van der Waals surface area contributed by atoms with E-state index in [1.165, 1.54) is 11.1 Å². The number of benzene rings is 1. The number of carbonyl (C=O) groups excluding carboxylic acids is 1. The number of likely N-dealkylation sites (N-methyl/N-ethyl adjacent to an activating group) is 1. The minimum atomic E-state index is 0.242. The van der Waals surface area contributed by atoms with Crippen LogP contribution in [0.5, 0.6) is 0 Å². The molecule has 0 aliphatic carbocycles. The number of rotatable bonds is 3. The molecule has 3 rings (SSSR count). The fraction of sp³-hybridized carbons (Fsp3) is 0.632. The predicted molar refractivity (Wildman–Crippen MR) is 93.3 cm³/mol. The lowest BCUT2D eigenvalue weighted by Crippen LogP contribution is -2.50. The second-order valence-electron chi connectivity index (χ2n) is 7.11. The molecule has 4 nitrogen and oxygen atoms in total. The second-order valence-corrected chi connectivity index (χ2v) is 7.11. The molecule has 1 aromatic carbocycles.